The summed E-state index contributed by atoms with van der Waals surface area (Å²) in [7, 11) is 2.18. The van der Waals surface area contributed by atoms with Gasteiger partial charge in [-0.05, 0) is 45.8 Å². The van der Waals surface area contributed by atoms with E-state index in [2.05, 4.69) is 24.2 Å². The summed E-state index contributed by atoms with van der Waals surface area (Å²) in [6, 6.07) is 0.615. The summed E-state index contributed by atoms with van der Waals surface area (Å²) in [6.45, 7) is 5.76. The Balaban J connectivity index is 1.76. The standard InChI is InChI=1S/C12H24N2O2/c1-9(10-3-5-14(2)6-4-10)13-11-7-16-8-12(11)15/h9-13,15H,3-8H2,1-2H3. The molecule has 3 unspecified atom stereocenters. The minimum absolute atomic E-state index is 0.134. The molecule has 0 aromatic carbocycles. The fraction of sp³-hybridized carbons (Fsp3) is 1.00. The number of aliphatic hydroxyl groups is 1. The average molecular weight is 228 g/mol. The molecule has 0 aromatic heterocycles. The Labute approximate surface area is 98.0 Å². The van der Waals surface area contributed by atoms with Crippen LogP contribution >= 0.6 is 0 Å². The van der Waals surface area contributed by atoms with E-state index in [1.807, 2.05) is 0 Å². The summed E-state index contributed by atoms with van der Waals surface area (Å²) >= 11 is 0. The molecule has 2 saturated heterocycles. The quantitative estimate of drug-likeness (QED) is 0.717. The Kier molecular flexibility index (Phi) is 4.19. The van der Waals surface area contributed by atoms with Gasteiger partial charge < -0.3 is 20.1 Å². The van der Waals surface area contributed by atoms with Crippen molar-refractivity contribution in [2.45, 2.75) is 38.0 Å². The van der Waals surface area contributed by atoms with Gasteiger partial charge in [-0.1, -0.05) is 0 Å². The Morgan fingerprint density at radius 1 is 1.31 bits per heavy atom. The van der Waals surface area contributed by atoms with Gasteiger partial charge in [0.1, 0.15) is 0 Å². The summed E-state index contributed by atoms with van der Waals surface area (Å²) < 4.78 is 5.25. The summed E-state index contributed by atoms with van der Waals surface area (Å²) in [5.41, 5.74) is 0. The molecule has 4 nitrogen and oxygen atoms in total. The van der Waals surface area contributed by atoms with Crippen LogP contribution in [0.25, 0.3) is 0 Å². The molecule has 16 heavy (non-hydrogen) atoms. The first-order valence-corrected chi connectivity index (χ1v) is 6.37. The smallest absolute Gasteiger partial charge is 0.0948 e. The lowest BCUT2D eigenvalue weighted by atomic mass is 9.90. The van der Waals surface area contributed by atoms with Crippen LogP contribution in [0.3, 0.4) is 0 Å². The van der Waals surface area contributed by atoms with Gasteiger partial charge in [-0.15, -0.1) is 0 Å². The highest BCUT2D eigenvalue weighted by atomic mass is 16.5. The molecule has 0 aromatic rings. The molecule has 0 radical (unpaired) electrons. The number of nitrogens with zero attached hydrogens (tertiary/aromatic N) is 1. The van der Waals surface area contributed by atoms with E-state index in [1.54, 1.807) is 0 Å². The minimum Gasteiger partial charge on any atom is -0.389 e. The number of aliphatic hydroxyl groups excluding tert-OH is 1. The third kappa shape index (κ3) is 2.94. The molecule has 0 saturated carbocycles. The van der Waals surface area contributed by atoms with Crippen LogP contribution in [-0.4, -0.2) is 61.5 Å². The molecule has 2 heterocycles. The van der Waals surface area contributed by atoms with E-state index >= 15 is 0 Å². The fourth-order valence-corrected chi connectivity index (χ4v) is 2.70. The van der Waals surface area contributed by atoms with Crippen LogP contribution < -0.4 is 5.32 Å². The molecule has 0 amide bonds. The minimum atomic E-state index is -0.325. The van der Waals surface area contributed by atoms with Crippen molar-refractivity contribution in [2.24, 2.45) is 5.92 Å². The van der Waals surface area contributed by atoms with Crippen molar-refractivity contribution >= 4 is 0 Å². The van der Waals surface area contributed by atoms with Crippen molar-refractivity contribution in [3.05, 3.63) is 0 Å². The van der Waals surface area contributed by atoms with Crippen LogP contribution in [0.1, 0.15) is 19.8 Å². The zero-order chi connectivity index (χ0) is 11.5. The summed E-state index contributed by atoms with van der Waals surface area (Å²) in [4.78, 5) is 2.39. The zero-order valence-corrected chi connectivity index (χ0v) is 10.4. The van der Waals surface area contributed by atoms with Gasteiger partial charge in [0.15, 0.2) is 0 Å². The Morgan fingerprint density at radius 2 is 2.00 bits per heavy atom. The van der Waals surface area contributed by atoms with Gasteiger partial charge in [0, 0.05) is 6.04 Å². The van der Waals surface area contributed by atoms with Crippen LogP contribution in [0.15, 0.2) is 0 Å². The number of ether oxygens (including phenoxy) is 1. The van der Waals surface area contributed by atoms with Gasteiger partial charge in [0.25, 0.3) is 0 Å². The summed E-state index contributed by atoms with van der Waals surface area (Å²) in [5, 5.41) is 13.2. The topological polar surface area (TPSA) is 44.7 Å². The van der Waals surface area contributed by atoms with Crippen LogP contribution in [-0.2, 0) is 4.74 Å². The lowest BCUT2D eigenvalue weighted by Crippen LogP contribution is -2.48. The number of hydrogen-bond donors (Lipinski definition) is 2. The maximum atomic E-state index is 9.68. The normalized spacial score (nSPS) is 35.4. The highest BCUT2D eigenvalue weighted by Gasteiger charge is 2.30. The maximum absolute atomic E-state index is 9.68. The molecule has 2 aliphatic heterocycles. The van der Waals surface area contributed by atoms with Gasteiger partial charge in [-0.3, -0.25) is 0 Å². The molecule has 0 spiro atoms. The molecule has 2 fully saturated rings. The van der Waals surface area contributed by atoms with Crippen LogP contribution in [0.4, 0.5) is 0 Å². The van der Waals surface area contributed by atoms with E-state index in [1.165, 1.54) is 25.9 Å². The molecule has 2 N–H and O–H groups in total. The first-order chi connectivity index (χ1) is 7.66. The van der Waals surface area contributed by atoms with Crippen molar-refractivity contribution in [1.29, 1.82) is 0 Å². The van der Waals surface area contributed by atoms with Crippen LogP contribution in [0.2, 0.25) is 0 Å². The van der Waals surface area contributed by atoms with Gasteiger partial charge in [0.2, 0.25) is 0 Å². The van der Waals surface area contributed by atoms with E-state index in [0.29, 0.717) is 19.3 Å². The van der Waals surface area contributed by atoms with Crippen molar-refractivity contribution < 1.29 is 9.84 Å². The highest BCUT2D eigenvalue weighted by Crippen LogP contribution is 2.20. The lowest BCUT2D eigenvalue weighted by Gasteiger charge is -2.34. The van der Waals surface area contributed by atoms with Crippen molar-refractivity contribution in [3.8, 4) is 0 Å². The maximum Gasteiger partial charge on any atom is 0.0948 e. The molecule has 3 atom stereocenters. The molecule has 4 heteroatoms. The summed E-state index contributed by atoms with van der Waals surface area (Å²) in [5.74, 6) is 0.740. The molecule has 2 rings (SSSR count). The third-order valence-electron chi connectivity index (χ3n) is 4.00. The number of likely N-dealkylation sites (tertiary alicyclic amines) is 1. The lowest BCUT2D eigenvalue weighted by molar-refractivity contribution is 0.117. The van der Waals surface area contributed by atoms with Crippen LogP contribution in [0.5, 0.6) is 0 Å². The first kappa shape index (κ1) is 12.3. The van der Waals surface area contributed by atoms with Gasteiger partial charge >= 0.3 is 0 Å². The molecule has 2 aliphatic rings. The first-order valence-electron chi connectivity index (χ1n) is 6.37. The van der Waals surface area contributed by atoms with E-state index < -0.39 is 0 Å². The zero-order valence-electron chi connectivity index (χ0n) is 10.4. The van der Waals surface area contributed by atoms with Crippen molar-refractivity contribution in [2.75, 3.05) is 33.4 Å². The van der Waals surface area contributed by atoms with E-state index in [0.717, 1.165) is 5.92 Å². The molecule has 0 bridgehead atoms. The summed E-state index contributed by atoms with van der Waals surface area (Å²) in [6.07, 6.45) is 2.19. The average Bonchev–Trinajstić information content (AvgIpc) is 2.65. The number of hydrogen-bond acceptors (Lipinski definition) is 4. The highest BCUT2D eigenvalue weighted by molar-refractivity contribution is 4.86. The van der Waals surface area contributed by atoms with Crippen molar-refractivity contribution in [1.82, 2.24) is 10.2 Å². The fourth-order valence-electron chi connectivity index (χ4n) is 2.70. The predicted molar refractivity (Wildman–Crippen MR) is 63.4 cm³/mol. The second kappa shape index (κ2) is 5.45. The second-order valence-electron chi connectivity index (χ2n) is 5.31. The van der Waals surface area contributed by atoms with Gasteiger partial charge in [-0.25, -0.2) is 0 Å². The largest absolute Gasteiger partial charge is 0.389 e. The van der Waals surface area contributed by atoms with Gasteiger partial charge in [0.05, 0.1) is 25.4 Å². The number of rotatable bonds is 3. The van der Waals surface area contributed by atoms with Crippen LogP contribution in [0, 0.1) is 5.92 Å². The Bertz CT molecular complexity index is 217. The predicted octanol–water partition coefficient (Wildman–Crippen LogP) is 0.0660. The van der Waals surface area contributed by atoms with Gasteiger partial charge in [-0.2, -0.15) is 0 Å². The third-order valence-corrected chi connectivity index (χ3v) is 4.00. The Morgan fingerprint density at radius 3 is 2.56 bits per heavy atom. The van der Waals surface area contributed by atoms with Crippen molar-refractivity contribution in [3.63, 3.8) is 0 Å². The second-order valence-corrected chi connectivity index (χ2v) is 5.31. The van der Waals surface area contributed by atoms with E-state index in [4.69, 9.17) is 4.74 Å². The monoisotopic (exact) mass is 228 g/mol. The SMILES string of the molecule is CC(NC1COCC1O)C1CCN(C)CC1. The van der Waals surface area contributed by atoms with E-state index in [9.17, 15) is 5.11 Å². The number of nitrogens with one attached hydrogen (secondary N) is 1. The Hall–Kier alpha value is -0.160. The molecule has 0 aliphatic carbocycles. The number of piperidine rings is 1. The molecular formula is C12H24N2O2. The molecule has 94 valence electrons. The van der Waals surface area contributed by atoms with E-state index in [-0.39, 0.29) is 12.1 Å². The molecular weight excluding hydrogens is 204 g/mol.